The fourth-order valence-corrected chi connectivity index (χ4v) is 10.7. The summed E-state index contributed by atoms with van der Waals surface area (Å²) in [5.74, 6) is -3.34. The lowest BCUT2D eigenvalue weighted by Crippen LogP contribution is -2.54. The third kappa shape index (κ3) is 7.59. The van der Waals surface area contributed by atoms with Gasteiger partial charge in [-0.05, 0) is 138 Å². The first-order valence-corrected chi connectivity index (χ1v) is 21.8. The van der Waals surface area contributed by atoms with Crippen LogP contribution in [0.3, 0.4) is 0 Å². The minimum Gasteiger partial charge on any atom is -0.493 e. The molecule has 3 aromatic rings. The van der Waals surface area contributed by atoms with Gasteiger partial charge >= 0.3 is 6.18 Å². The summed E-state index contributed by atoms with van der Waals surface area (Å²) in [5, 5.41) is 11.2. The minimum absolute atomic E-state index is 0.0394. The molecule has 9 rings (SSSR count). The molecule has 6 aliphatic heterocycles. The maximum absolute atomic E-state index is 15.9. The van der Waals surface area contributed by atoms with Crippen LogP contribution in [-0.2, 0) is 27.0 Å². The van der Waals surface area contributed by atoms with Crippen LogP contribution in [0.4, 0.5) is 28.9 Å². The first-order chi connectivity index (χ1) is 30.8. The molecule has 6 amide bonds. The molecule has 4 saturated heterocycles. The molecular formula is C46H43F4N7O7S. The number of hydrogen-bond donors (Lipinski definition) is 1. The van der Waals surface area contributed by atoms with E-state index in [4.69, 9.17) is 17.0 Å². The average Bonchev–Trinajstić information content (AvgIpc) is 3.61. The molecule has 338 valence electrons. The molecule has 1 N–H and O–H groups in total. The Morgan fingerprint density at radius 2 is 1.60 bits per heavy atom. The van der Waals surface area contributed by atoms with Crippen LogP contribution in [0.5, 0.6) is 5.75 Å². The van der Waals surface area contributed by atoms with Crippen molar-refractivity contribution in [2.45, 2.75) is 76.6 Å². The monoisotopic (exact) mass is 913 g/mol. The van der Waals surface area contributed by atoms with Gasteiger partial charge in [-0.2, -0.15) is 18.4 Å². The molecule has 0 aliphatic carbocycles. The third-order valence-corrected chi connectivity index (χ3v) is 14.2. The number of benzene rings is 3. The molecule has 1 spiro atoms. The Kier molecular flexibility index (Phi) is 10.8. The Morgan fingerprint density at radius 1 is 0.923 bits per heavy atom. The highest BCUT2D eigenvalue weighted by Gasteiger charge is 2.51. The Morgan fingerprint density at radius 3 is 2.25 bits per heavy atom. The number of nitrogens with zero attached hydrogens (tertiary/aromatic N) is 6. The van der Waals surface area contributed by atoms with E-state index in [0.29, 0.717) is 43.9 Å². The smallest absolute Gasteiger partial charge is 0.417 e. The Bertz CT molecular complexity index is 2650. The molecule has 14 nitrogen and oxygen atoms in total. The second-order valence-corrected chi connectivity index (χ2v) is 18.6. The van der Waals surface area contributed by atoms with E-state index in [-0.39, 0.29) is 51.4 Å². The van der Waals surface area contributed by atoms with Gasteiger partial charge in [0.15, 0.2) is 5.11 Å². The predicted molar refractivity (Wildman–Crippen MR) is 228 cm³/mol. The number of likely N-dealkylation sites (tertiary alicyclic amines) is 2. The topological polar surface area (TPSA) is 164 Å². The van der Waals surface area contributed by atoms with Gasteiger partial charge in [0.05, 0.1) is 46.2 Å². The summed E-state index contributed by atoms with van der Waals surface area (Å²) < 4.78 is 63.4. The molecule has 3 aromatic carbocycles. The van der Waals surface area contributed by atoms with Crippen LogP contribution in [0.25, 0.3) is 0 Å². The van der Waals surface area contributed by atoms with Crippen LogP contribution < -0.4 is 19.9 Å². The molecular weight excluding hydrogens is 871 g/mol. The molecule has 4 fully saturated rings. The van der Waals surface area contributed by atoms with Gasteiger partial charge in [0.2, 0.25) is 11.8 Å². The number of anilines is 2. The summed E-state index contributed by atoms with van der Waals surface area (Å²) in [6.45, 7) is 6.81. The van der Waals surface area contributed by atoms with Crippen molar-refractivity contribution < 1.29 is 51.1 Å². The quantitative estimate of drug-likeness (QED) is 0.186. The number of hydrogen-bond acceptors (Lipinski definition) is 10. The van der Waals surface area contributed by atoms with Gasteiger partial charge in [0, 0.05) is 37.2 Å². The van der Waals surface area contributed by atoms with Gasteiger partial charge in [0.1, 0.15) is 23.1 Å². The average molecular weight is 914 g/mol. The molecule has 0 radical (unpaired) electrons. The highest BCUT2D eigenvalue weighted by Crippen LogP contribution is 2.45. The standard InChI is InChI=1S/C46H43F4N7O7S/c1-44(2)42(63)55(28-4-3-26(22-51)33(18-28)46(48,49)50)43(65)57(44)29-5-6-30(34(47)19-29)39(60)54-13-9-25(10-14-54)23-53-15-11-45(12-16-53)21-27-17-31-32(20-36(27)64-24-45)41(62)56(40(31)61)35-7-8-37(58)52-38(35)59/h3-6,17-20,25,35H,7-16,21,23-24H2,1-2H3,(H,52,58,59). The van der Waals surface area contributed by atoms with Crippen molar-refractivity contribution in [3.05, 3.63) is 87.7 Å². The zero-order chi connectivity index (χ0) is 46.3. The minimum atomic E-state index is -4.87. The number of rotatable bonds is 6. The molecule has 19 heteroatoms. The first kappa shape index (κ1) is 44.0. The SMILES string of the molecule is CC1(C)C(=O)N(c2ccc(C#N)c(C(F)(F)F)c2)C(=S)N1c1ccc(C(=O)N2CCC(CN3CCC4(CC3)COc3cc5c(cc3C4)C(=O)N(C3CCC(=O)NC3=O)C5=O)CC2)c(F)c1. The van der Waals surface area contributed by atoms with E-state index in [1.54, 1.807) is 17.0 Å². The number of halogens is 4. The summed E-state index contributed by atoms with van der Waals surface area (Å²) in [4.78, 5) is 85.5. The molecule has 6 heterocycles. The van der Waals surface area contributed by atoms with Crippen LogP contribution in [0.15, 0.2) is 48.5 Å². The number of amides is 6. The predicted octanol–water partition coefficient (Wildman–Crippen LogP) is 5.60. The number of piperidine rings is 3. The van der Waals surface area contributed by atoms with Crippen LogP contribution >= 0.6 is 12.2 Å². The number of carbonyl (C=O) groups excluding carboxylic acids is 6. The lowest BCUT2D eigenvalue weighted by atomic mass is 9.72. The molecule has 0 bridgehead atoms. The van der Waals surface area contributed by atoms with Crippen molar-refractivity contribution >= 4 is 64.1 Å². The third-order valence-electron chi connectivity index (χ3n) is 13.9. The van der Waals surface area contributed by atoms with E-state index in [0.717, 1.165) is 72.8 Å². The van der Waals surface area contributed by atoms with E-state index in [1.807, 2.05) is 0 Å². The zero-order valence-corrected chi connectivity index (χ0v) is 36.2. The largest absolute Gasteiger partial charge is 0.493 e. The van der Waals surface area contributed by atoms with Gasteiger partial charge in [-0.1, -0.05) is 0 Å². The second-order valence-electron chi connectivity index (χ2n) is 18.3. The van der Waals surface area contributed by atoms with Crippen molar-refractivity contribution in [3.63, 3.8) is 0 Å². The van der Waals surface area contributed by atoms with E-state index >= 15 is 4.39 Å². The van der Waals surface area contributed by atoms with Crippen molar-refractivity contribution in [1.29, 1.82) is 5.26 Å². The van der Waals surface area contributed by atoms with Gasteiger partial charge in [-0.25, -0.2) is 4.39 Å². The Labute approximate surface area is 376 Å². The number of alkyl halides is 3. The normalized spacial score (nSPS) is 22.3. The van der Waals surface area contributed by atoms with Crippen molar-refractivity contribution in [3.8, 4) is 11.8 Å². The van der Waals surface area contributed by atoms with Crippen molar-refractivity contribution in [2.75, 3.05) is 49.1 Å². The van der Waals surface area contributed by atoms with Crippen LogP contribution in [0, 0.1) is 28.5 Å². The Hall–Kier alpha value is -6.26. The van der Waals surface area contributed by atoms with Crippen LogP contribution in [-0.4, -0.2) is 106 Å². The first-order valence-electron chi connectivity index (χ1n) is 21.4. The van der Waals surface area contributed by atoms with Gasteiger partial charge < -0.3 is 19.4 Å². The van der Waals surface area contributed by atoms with E-state index < -0.39 is 70.1 Å². The summed E-state index contributed by atoms with van der Waals surface area (Å²) >= 11 is 5.58. The lowest BCUT2D eigenvalue weighted by Gasteiger charge is -2.45. The lowest BCUT2D eigenvalue weighted by molar-refractivity contribution is -0.138. The van der Waals surface area contributed by atoms with E-state index in [9.17, 15) is 47.2 Å². The molecule has 1 atom stereocenters. The summed E-state index contributed by atoms with van der Waals surface area (Å²) in [7, 11) is 0. The molecule has 6 aliphatic rings. The summed E-state index contributed by atoms with van der Waals surface area (Å²) in [6.07, 6.45) is -0.935. The van der Waals surface area contributed by atoms with E-state index in [1.165, 1.54) is 43.0 Å². The fraction of sp³-hybridized carbons (Fsp3) is 0.435. The van der Waals surface area contributed by atoms with Crippen molar-refractivity contribution in [1.82, 2.24) is 20.0 Å². The zero-order valence-electron chi connectivity index (χ0n) is 35.4. The number of thiocarbonyl (C=S) groups is 1. The van der Waals surface area contributed by atoms with Crippen LogP contribution in [0.1, 0.15) is 100 Å². The number of carbonyl (C=O) groups is 6. The number of nitriles is 1. The maximum Gasteiger partial charge on any atom is 0.417 e. The highest BCUT2D eigenvalue weighted by atomic mass is 32.1. The van der Waals surface area contributed by atoms with Crippen LogP contribution in [0.2, 0.25) is 0 Å². The maximum atomic E-state index is 15.9. The molecule has 0 aromatic heterocycles. The molecule has 1 unspecified atom stereocenters. The van der Waals surface area contributed by atoms with Gasteiger partial charge in [0.25, 0.3) is 23.6 Å². The fourth-order valence-electron chi connectivity index (χ4n) is 10.2. The van der Waals surface area contributed by atoms with Crippen molar-refractivity contribution in [2.24, 2.45) is 11.3 Å². The summed E-state index contributed by atoms with van der Waals surface area (Å²) in [5.41, 5.74) is -2.39. The summed E-state index contributed by atoms with van der Waals surface area (Å²) in [6, 6.07) is 10.5. The van der Waals surface area contributed by atoms with Gasteiger partial charge in [-0.15, -0.1) is 0 Å². The number of fused-ring (bicyclic) bond motifs is 2. The second kappa shape index (κ2) is 16.0. The van der Waals surface area contributed by atoms with E-state index in [2.05, 4.69) is 10.2 Å². The van der Waals surface area contributed by atoms with Gasteiger partial charge in [-0.3, -0.25) is 43.9 Å². The highest BCUT2D eigenvalue weighted by molar-refractivity contribution is 7.81. The number of nitrogens with one attached hydrogen (secondary N) is 1. The molecule has 65 heavy (non-hydrogen) atoms. The Balaban J connectivity index is 0.789. The molecule has 0 saturated carbocycles. The number of ether oxygens (including phenoxy) is 1. The number of imide groups is 2.